The van der Waals surface area contributed by atoms with Crippen molar-refractivity contribution in [3.05, 3.63) is 54.0 Å². The maximum Gasteiger partial charge on any atom is 0.421 e. The number of aliphatic imine (C=N–C) groups is 1. The van der Waals surface area contributed by atoms with Gasteiger partial charge in [-0.15, -0.1) is 24.0 Å². The van der Waals surface area contributed by atoms with E-state index in [1.807, 2.05) is 18.2 Å². The Kier molecular flexibility index (Phi) is 9.83. The second-order valence-electron chi connectivity index (χ2n) is 5.20. The molecule has 2 heterocycles. The molecule has 6 nitrogen and oxygen atoms in total. The van der Waals surface area contributed by atoms with Crippen LogP contribution in [0, 0.1) is 0 Å². The van der Waals surface area contributed by atoms with Gasteiger partial charge in [-0.3, -0.25) is 9.98 Å². The fraction of sp³-hybridized carbons (Fsp3) is 0.353. The third-order valence-electron chi connectivity index (χ3n) is 3.33. The molecule has 0 amide bonds. The molecule has 0 saturated heterocycles. The third-order valence-corrected chi connectivity index (χ3v) is 3.33. The zero-order valence-electron chi connectivity index (χ0n) is 14.7. The van der Waals surface area contributed by atoms with Gasteiger partial charge in [-0.05, 0) is 24.3 Å². The largest absolute Gasteiger partial charge is 0.475 e. The van der Waals surface area contributed by atoms with Crippen molar-refractivity contribution in [2.45, 2.75) is 12.6 Å². The molecule has 0 bridgehead atoms. The third kappa shape index (κ3) is 7.97. The van der Waals surface area contributed by atoms with Gasteiger partial charge in [-0.25, -0.2) is 4.98 Å². The number of hydrogen-bond donors (Lipinski definition) is 2. The van der Waals surface area contributed by atoms with Crippen molar-refractivity contribution in [3.63, 3.8) is 0 Å². The van der Waals surface area contributed by atoms with Gasteiger partial charge >= 0.3 is 6.18 Å². The van der Waals surface area contributed by atoms with E-state index in [2.05, 4.69) is 25.6 Å². The number of aromatic nitrogens is 2. The van der Waals surface area contributed by atoms with Gasteiger partial charge in [0.15, 0.2) is 5.96 Å². The summed E-state index contributed by atoms with van der Waals surface area (Å²) in [6.45, 7) is 0.911. The van der Waals surface area contributed by atoms with Gasteiger partial charge in [-0.2, -0.15) is 13.2 Å². The maximum atomic E-state index is 12.8. The van der Waals surface area contributed by atoms with Crippen LogP contribution in [0.3, 0.4) is 0 Å². The minimum absolute atomic E-state index is 0. The summed E-state index contributed by atoms with van der Waals surface area (Å²) in [5, 5.41) is 6.07. The van der Waals surface area contributed by atoms with Gasteiger partial charge in [0.1, 0.15) is 12.2 Å². The summed E-state index contributed by atoms with van der Waals surface area (Å²) in [5.41, 5.74) is 0.0616. The van der Waals surface area contributed by atoms with Crippen molar-refractivity contribution >= 4 is 29.9 Å². The van der Waals surface area contributed by atoms with E-state index in [4.69, 9.17) is 4.74 Å². The fourth-order valence-corrected chi connectivity index (χ4v) is 2.11. The predicted molar refractivity (Wildman–Crippen MR) is 107 cm³/mol. The Bertz CT molecular complexity index is 713. The van der Waals surface area contributed by atoms with E-state index >= 15 is 0 Å². The monoisotopic (exact) mass is 495 g/mol. The van der Waals surface area contributed by atoms with Crippen LogP contribution in [0.15, 0.2) is 47.7 Å². The zero-order valence-corrected chi connectivity index (χ0v) is 17.0. The highest BCUT2D eigenvalue weighted by Gasteiger charge is 2.34. The molecule has 0 atom stereocenters. The maximum absolute atomic E-state index is 12.8. The molecule has 0 unspecified atom stereocenters. The molecule has 2 N–H and O–H groups in total. The fourth-order valence-electron chi connectivity index (χ4n) is 2.11. The van der Waals surface area contributed by atoms with E-state index in [1.54, 1.807) is 13.2 Å². The standard InChI is InChI=1S/C17H20F3N5O.HI/c1-21-16(24-10-7-13-5-2-3-8-22-13)25-11-12-26-15-14(17(18,19)20)6-4-9-23-15;/h2-6,8-9H,7,10-12H2,1H3,(H2,21,24,25);1H. The first-order valence-corrected chi connectivity index (χ1v) is 8.00. The molecule has 0 aliphatic heterocycles. The number of ether oxygens (including phenoxy) is 1. The molecular formula is C17H21F3IN5O. The molecule has 0 aromatic carbocycles. The van der Waals surface area contributed by atoms with Crippen molar-refractivity contribution in [1.82, 2.24) is 20.6 Å². The molecule has 27 heavy (non-hydrogen) atoms. The number of pyridine rings is 2. The molecule has 0 radical (unpaired) electrons. The minimum atomic E-state index is -4.50. The molecule has 10 heteroatoms. The number of alkyl halides is 3. The van der Waals surface area contributed by atoms with Gasteiger partial charge in [0.2, 0.25) is 5.88 Å². The number of nitrogens with zero attached hydrogens (tertiary/aromatic N) is 3. The molecule has 0 fully saturated rings. The van der Waals surface area contributed by atoms with Gasteiger partial charge in [0.05, 0.1) is 6.54 Å². The van der Waals surface area contributed by atoms with Crippen LogP contribution in [0.2, 0.25) is 0 Å². The van der Waals surface area contributed by atoms with E-state index in [0.29, 0.717) is 12.5 Å². The summed E-state index contributed by atoms with van der Waals surface area (Å²) in [6.07, 6.45) is -0.788. The predicted octanol–water partition coefficient (Wildman–Crippen LogP) is 2.90. The average molecular weight is 495 g/mol. The lowest BCUT2D eigenvalue weighted by Crippen LogP contribution is -2.40. The van der Waals surface area contributed by atoms with Gasteiger partial charge < -0.3 is 15.4 Å². The molecular weight excluding hydrogens is 474 g/mol. The number of halogens is 4. The lowest BCUT2D eigenvalue weighted by molar-refractivity contribution is -0.139. The van der Waals surface area contributed by atoms with Crippen LogP contribution in [0.5, 0.6) is 5.88 Å². The Morgan fingerprint density at radius 3 is 2.48 bits per heavy atom. The SMILES string of the molecule is CN=C(NCCOc1ncccc1C(F)(F)F)NCCc1ccccn1.I. The van der Waals surface area contributed by atoms with Crippen molar-refractivity contribution in [2.75, 3.05) is 26.7 Å². The lowest BCUT2D eigenvalue weighted by atomic mass is 10.2. The molecule has 0 aliphatic rings. The summed E-state index contributed by atoms with van der Waals surface area (Å²) < 4.78 is 43.7. The van der Waals surface area contributed by atoms with Crippen molar-refractivity contribution in [3.8, 4) is 5.88 Å². The van der Waals surface area contributed by atoms with E-state index in [1.165, 1.54) is 12.3 Å². The Morgan fingerprint density at radius 1 is 1.07 bits per heavy atom. The Labute approximate surface area is 172 Å². The average Bonchev–Trinajstić information content (AvgIpc) is 2.64. The van der Waals surface area contributed by atoms with Gasteiger partial charge in [-0.1, -0.05) is 6.07 Å². The van der Waals surface area contributed by atoms with Crippen molar-refractivity contribution in [1.29, 1.82) is 0 Å². The molecule has 2 rings (SSSR count). The van der Waals surface area contributed by atoms with Gasteiger partial charge in [0.25, 0.3) is 0 Å². The lowest BCUT2D eigenvalue weighted by Gasteiger charge is -2.14. The highest BCUT2D eigenvalue weighted by Crippen LogP contribution is 2.34. The van der Waals surface area contributed by atoms with Crippen LogP contribution < -0.4 is 15.4 Å². The smallest absolute Gasteiger partial charge is 0.421 e. The quantitative estimate of drug-likeness (QED) is 0.268. The molecule has 0 spiro atoms. The van der Waals surface area contributed by atoms with Crippen LogP contribution in [0.1, 0.15) is 11.3 Å². The number of hydrogen-bond acceptors (Lipinski definition) is 4. The highest BCUT2D eigenvalue weighted by molar-refractivity contribution is 14.0. The summed E-state index contributed by atoms with van der Waals surface area (Å²) in [7, 11) is 1.61. The van der Waals surface area contributed by atoms with E-state index in [0.717, 1.165) is 18.2 Å². The first-order chi connectivity index (χ1) is 12.5. The molecule has 2 aromatic rings. The molecule has 0 saturated carbocycles. The summed E-state index contributed by atoms with van der Waals surface area (Å²) in [4.78, 5) is 11.9. The minimum Gasteiger partial charge on any atom is -0.475 e. The Hall–Kier alpha value is -2.11. The highest BCUT2D eigenvalue weighted by atomic mass is 127. The zero-order chi connectivity index (χ0) is 18.8. The van der Waals surface area contributed by atoms with Crippen LogP contribution in [-0.4, -0.2) is 42.7 Å². The Morgan fingerprint density at radius 2 is 1.81 bits per heavy atom. The van der Waals surface area contributed by atoms with E-state index < -0.39 is 17.6 Å². The van der Waals surface area contributed by atoms with Crippen LogP contribution >= 0.6 is 24.0 Å². The normalized spacial score (nSPS) is 11.5. The number of nitrogens with one attached hydrogen (secondary N) is 2. The second kappa shape index (κ2) is 11.6. The Balaban J connectivity index is 0.00000364. The van der Waals surface area contributed by atoms with Crippen LogP contribution in [0.4, 0.5) is 13.2 Å². The summed E-state index contributed by atoms with van der Waals surface area (Å²) in [6, 6.07) is 7.86. The molecule has 0 aliphatic carbocycles. The molecule has 148 valence electrons. The summed E-state index contributed by atoms with van der Waals surface area (Å²) in [5.74, 6) is 0.0986. The number of guanidine groups is 1. The van der Waals surface area contributed by atoms with E-state index in [9.17, 15) is 13.2 Å². The number of rotatable bonds is 7. The first kappa shape index (κ1) is 22.9. The van der Waals surface area contributed by atoms with Gasteiger partial charge in [0, 0.05) is 38.1 Å². The summed E-state index contributed by atoms with van der Waals surface area (Å²) >= 11 is 0. The van der Waals surface area contributed by atoms with Crippen molar-refractivity contribution in [2.24, 2.45) is 4.99 Å². The van der Waals surface area contributed by atoms with Crippen LogP contribution in [-0.2, 0) is 12.6 Å². The topological polar surface area (TPSA) is 71.4 Å². The van der Waals surface area contributed by atoms with Crippen LogP contribution in [0.25, 0.3) is 0 Å². The second-order valence-corrected chi connectivity index (χ2v) is 5.20. The first-order valence-electron chi connectivity index (χ1n) is 8.00. The molecule has 2 aromatic heterocycles. The van der Waals surface area contributed by atoms with E-state index in [-0.39, 0.29) is 37.1 Å². The van der Waals surface area contributed by atoms with Crippen molar-refractivity contribution < 1.29 is 17.9 Å².